The van der Waals surface area contributed by atoms with Crippen molar-refractivity contribution in [1.82, 2.24) is 15.5 Å². The number of rotatable bonds is 6. The van der Waals surface area contributed by atoms with Crippen LogP contribution in [0.2, 0.25) is 0 Å². The average Bonchev–Trinajstić information content (AvgIpc) is 2.92. The topological polar surface area (TPSA) is 84.1 Å². The van der Waals surface area contributed by atoms with Crippen molar-refractivity contribution in [2.75, 3.05) is 7.11 Å². The molecule has 0 saturated carbocycles. The molecule has 2 aromatic rings. The molecule has 23 heavy (non-hydrogen) atoms. The quantitative estimate of drug-likeness (QED) is 0.786. The summed E-state index contributed by atoms with van der Waals surface area (Å²) in [7, 11) is 1.25. The normalized spacial score (nSPS) is 11.8. The molecule has 6 nitrogen and oxygen atoms in total. The molecule has 0 radical (unpaired) electrons. The minimum Gasteiger partial charge on any atom is -0.467 e. The summed E-state index contributed by atoms with van der Waals surface area (Å²) in [6, 6.07) is 6.66. The van der Waals surface area contributed by atoms with Crippen molar-refractivity contribution < 1.29 is 18.7 Å². The number of carbonyl (C=O) groups excluding carboxylic acids is 2. The second-order valence-corrected chi connectivity index (χ2v) is 5.19. The van der Waals surface area contributed by atoms with Crippen LogP contribution in [-0.4, -0.2) is 35.2 Å². The van der Waals surface area contributed by atoms with E-state index in [4.69, 9.17) is 4.74 Å². The number of ether oxygens (including phenoxy) is 1. The van der Waals surface area contributed by atoms with E-state index in [1.54, 1.807) is 18.2 Å². The van der Waals surface area contributed by atoms with Gasteiger partial charge >= 0.3 is 5.97 Å². The Labute approximate surface area is 133 Å². The first-order chi connectivity index (χ1) is 11.0. The number of hydrogen-bond donors (Lipinski definition) is 2. The van der Waals surface area contributed by atoms with E-state index in [0.29, 0.717) is 5.69 Å². The lowest BCUT2D eigenvalue weighted by atomic mass is 10.1. The predicted molar refractivity (Wildman–Crippen MR) is 81.1 cm³/mol. The fourth-order valence-electron chi connectivity index (χ4n) is 2.17. The summed E-state index contributed by atoms with van der Waals surface area (Å²) in [6.45, 7) is 1.83. The van der Waals surface area contributed by atoms with E-state index < -0.39 is 12.0 Å². The van der Waals surface area contributed by atoms with Crippen molar-refractivity contribution in [1.29, 1.82) is 0 Å². The second-order valence-electron chi connectivity index (χ2n) is 5.19. The highest BCUT2D eigenvalue weighted by Crippen LogP contribution is 2.07. The van der Waals surface area contributed by atoms with Crippen LogP contribution >= 0.6 is 0 Å². The van der Waals surface area contributed by atoms with Crippen LogP contribution in [0.1, 0.15) is 17.0 Å². The van der Waals surface area contributed by atoms with E-state index in [1.165, 1.54) is 19.2 Å². The molecule has 0 saturated heterocycles. The lowest BCUT2D eigenvalue weighted by Crippen LogP contribution is -2.43. The van der Waals surface area contributed by atoms with E-state index in [-0.39, 0.29) is 24.6 Å². The van der Waals surface area contributed by atoms with Crippen molar-refractivity contribution >= 4 is 11.9 Å². The molecule has 0 aliphatic carbocycles. The number of nitrogens with zero attached hydrogens (tertiary/aromatic N) is 1. The lowest BCUT2D eigenvalue weighted by molar-refractivity contribution is -0.145. The van der Waals surface area contributed by atoms with Gasteiger partial charge in [0.1, 0.15) is 11.9 Å². The van der Waals surface area contributed by atoms with Gasteiger partial charge in [-0.15, -0.1) is 0 Å². The van der Waals surface area contributed by atoms with Crippen LogP contribution in [0.15, 0.2) is 30.3 Å². The molecule has 2 N–H and O–H groups in total. The zero-order valence-electron chi connectivity index (χ0n) is 12.9. The Kier molecular flexibility index (Phi) is 5.46. The number of benzene rings is 1. The molecular formula is C16H18FN3O3. The molecule has 1 aromatic heterocycles. The number of nitrogens with one attached hydrogen (secondary N) is 2. The summed E-state index contributed by atoms with van der Waals surface area (Å²) < 4.78 is 17.6. The molecule has 0 aliphatic heterocycles. The molecule has 0 fully saturated rings. The van der Waals surface area contributed by atoms with Gasteiger partial charge in [-0.2, -0.15) is 5.10 Å². The van der Waals surface area contributed by atoms with E-state index in [2.05, 4.69) is 15.5 Å². The first-order valence-electron chi connectivity index (χ1n) is 7.10. The molecule has 1 atom stereocenters. The summed E-state index contributed by atoms with van der Waals surface area (Å²) in [5.74, 6) is -1.25. The molecule has 0 spiro atoms. The number of carbonyl (C=O) groups is 2. The van der Waals surface area contributed by atoms with Crippen LogP contribution in [0.5, 0.6) is 0 Å². The van der Waals surface area contributed by atoms with Crippen molar-refractivity contribution in [3.05, 3.63) is 53.1 Å². The zero-order valence-corrected chi connectivity index (χ0v) is 12.9. The molecule has 7 heteroatoms. The van der Waals surface area contributed by atoms with Crippen LogP contribution in [0, 0.1) is 12.7 Å². The number of methoxy groups -OCH3 is 1. The highest BCUT2D eigenvalue weighted by molar-refractivity contribution is 5.85. The molecule has 1 aromatic carbocycles. The maximum absolute atomic E-state index is 12.9. The van der Waals surface area contributed by atoms with Gasteiger partial charge in [0.05, 0.1) is 19.2 Å². The largest absolute Gasteiger partial charge is 0.467 e. The van der Waals surface area contributed by atoms with E-state index in [1.807, 2.05) is 6.92 Å². The fourth-order valence-corrected chi connectivity index (χ4v) is 2.17. The first-order valence-corrected chi connectivity index (χ1v) is 7.10. The summed E-state index contributed by atoms with van der Waals surface area (Å²) in [5.41, 5.74) is 2.16. The Balaban J connectivity index is 2.01. The smallest absolute Gasteiger partial charge is 0.328 e. The van der Waals surface area contributed by atoms with Gasteiger partial charge in [0, 0.05) is 12.1 Å². The van der Waals surface area contributed by atoms with Gasteiger partial charge in [0.25, 0.3) is 0 Å². The summed E-state index contributed by atoms with van der Waals surface area (Å²) in [4.78, 5) is 23.9. The van der Waals surface area contributed by atoms with Crippen molar-refractivity contribution in [3.63, 3.8) is 0 Å². The number of esters is 1. The van der Waals surface area contributed by atoms with Gasteiger partial charge in [0.2, 0.25) is 5.91 Å². The highest BCUT2D eigenvalue weighted by atomic mass is 19.1. The second kappa shape index (κ2) is 7.53. The maximum atomic E-state index is 12.9. The Morgan fingerprint density at radius 2 is 2.04 bits per heavy atom. The van der Waals surface area contributed by atoms with Gasteiger partial charge in [0.15, 0.2) is 0 Å². The number of aromatic nitrogens is 2. The van der Waals surface area contributed by atoms with Crippen LogP contribution in [0.4, 0.5) is 4.39 Å². The minimum atomic E-state index is -0.835. The molecular weight excluding hydrogens is 301 g/mol. The SMILES string of the molecule is COC(=O)[C@H](Cc1ccc(F)cc1)NC(=O)Cc1cc(C)[nH]n1. The summed E-state index contributed by atoms with van der Waals surface area (Å²) >= 11 is 0. The third-order valence-electron chi connectivity index (χ3n) is 3.27. The molecule has 1 heterocycles. The number of aromatic amines is 1. The number of hydrogen-bond acceptors (Lipinski definition) is 4. The van der Waals surface area contributed by atoms with Crippen molar-refractivity contribution in [2.24, 2.45) is 0 Å². The number of amides is 1. The van der Waals surface area contributed by atoms with E-state index in [0.717, 1.165) is 11.3 Å². The molecule has 0 unspecified atom stereocenters. The van der Waals surface area contributed by atoms with Gasteiger partial charge < -0.3 is 10.1 Å². The van der Waals surface area contributed by atoms with Gasteiger partial charge in [-0.05, 0) is 30.7 Å². The molecule has 1 amide bonds. The van der Waals surface area contributed by atoms with E-state index in [9.17, 15) is 14.0 Å². The van der Waals surface area contributed by atoms with Gasteiger partial charge in [-0.1, -0.05) is 12.1 Å². The van der Waals surface area contributed by atoms with Gasteiger partial charge in [-0.3, -0.25) is 9.89 Å². The number of aryl methyl sites for hydroxylation is 1. The Morgan fingerprint density at radius 1 is 1.35 bits per heavy atom. The molecule has 0 bridgehead atoms. The summed E-state index contributed by atoms with van der Waals surface area (Å²) in [5, 5.41) is 9.35. The van der Waals surface area contributed by atoms with Crippen molar-refractivity contribution in [3.8, 4) is 0 Å². The summed E-state index contributed by atoms with van der Waals surface area (Å²) in [6.07, 6.45) is 0.277. The van der Waals surface area contributed by atoms with Crippen LogP contribution in [-0.2, 0) is 27.2 Å². The Bertz CT molecular complexity index is 682. The average molecular weight is 319 g/mol. The zero-order chi connectivity index (χ0) is 16.8. The third kappa shape index (κ3) is 4.91. The van der Waals surface area contributed by atoms with Gasteiger partial charge in [-0.25, -0.2) is 9.18 Å². The first kappa shape index (κ1) is 16.7. The predicted octanol–water partition coefficient (Wildman–Crippen LogP) is 1.30. The molecule has 122 valence electrons. The fraction of sp³-hybridized carbons (Fsp3) is 0.312. The monoisotopic (exact) mass is 319 g/mol. The molecule has 2 rings (SSSR count). The maximum Gasteiger partial charge on any atom is 0.328 e. The van der Waals surface area contributed by atoms with E-state index >= 15 is 0 Å². The van der Waals surface area contributed by atoms with Crippen LogP contribution in [0.25, 0.3) is 0 Å². The standard InChI is InChI=1S/C16H18FN3O3/c1-10-7-13(20-19-10)9-15(21)18-14(16(22)23-2)8-11-3-5-12(17)6-4-11/h3-7,14H,8-9H2,1-2H3,(H,18,21)(H,19,20)/t14-/m0/s1. The Hall–Kier alpha value is -2.70. The van der Waals surface area contributed by atoms with Crippen LogP contribution in [0.3, 0.4) is 0 Å². The number of H-pyrrole nitrogens is 1. The van der Waals surface area contributed by atoms with Crippen molar-refractivity contribution in [2.45, 2.75) is 25.8 Å². The minimum absolute atomic E-state index is 0.0568. The third-order valence-corrected chi connectivity index (χ3v) is 3.27. The highest BCUT2D eigenvalue weighted by Gasteiger charge is 2.22. The van der Waals surface area contributed by atoms with Crippen LogP contribution < -0.4 is 5.32 Å². The molecule has 0 aliphatic rings. The lowest BCUT2D eigenvalue weighted by Gasteiger charge is -2.16. The number of halogens is 1. The Morgan fingerprint density at radius 3 is 2.61 bits per heavy atom.